The van der Waals surface area contributed by atoms with Crippen LogP contribution in [-0.4, -0.2) is 44.1 Å². The fraction of sp³-hybridized carbons (Fsp3) is 0.455. The Morgan fingerprint density at radius 1 is 1.47 bits per heavy atom. The van der Waals surface area contributed by atoms with Gasteiger partial charge in [0.25, 0.3) is 5.56 Å². The van der Waals surface area contributed by atoms with Gasteiger partial charge in [-0.3, -0.25) is 9.78 Å². The molecule has 0 radical (unpaired) electrons. The first-order valence-corrected chi connectivity index (χ1v) is 5.43. The number of anilines is 2. The summed E-state index contributed by atoms with van der Waals surface area (Å²) < 4.78 is 10.4. The van der Waals surface area contributed by atoms with Gasteiger partial charge < -0.3 is 20.1 Å². The monoisotopic (exact) mass is 288 g/mol. The zero-order chi connectivity index (χ0) is 13.3. The summed E-state index contributed by atoms with van der Waals surface area (Å²) in [7, 11) is 4.94. The van der Waals surface area contributed by atoms with Crippen LogP contribution in [0.15, 0.2) is 10.4 Å². The molecule has 3 N–H and O–H groups in total. The van der Waals surface area contributed by atoms with Crippen molar-refractivity contribution in [3.05, 3.63) is 21.5 Å². The van der Waals surface area contributed by atoms with Crippen LogP contribution in [0.1, 0.15) is 5.56 Å². The van der Waals surface area contributed by atoms with Crippen molar-refractivity contribution < 1.29 is 9.47 Å². The van der Waals surface area contributed by atoms with Gasteiger partial charge in [-0.2, -0.15) is 4.98 Å². The normalized spacial score (nSPS) is 13.9. The van der Waals surface area contributed by atoms with Gasteiger partial charge in [0.05, 0.1) is 5.56 Å². The number of halogens is 1. The summed E-state index contributed by atoms with van der Waals surface area (Å²) in [6, 6.07) is 0. The van der Waals surface area contributed by atoms with E-state index in [0.29, 0.717) is 17.9 Å². The highest BCUT2D eigenvalue weighted by atomic mass is 35.5. The van der Waals surface area contributed by atoms with Crippen molar-refractivity contribution in [2.75, 3.05) is 38.4 Å². The van der Waals surface area contributed by atoms with Crippen LogP contribution in [0.4, 0.5) is 11.8 Å². The molecule has 0 bridgehead atoms. The summed E-state index contributed by atoms with van der Waals surface area (Å²) in [4.78, 5) is 20.3. The molecule has 1 aliphatic rings. The van der Waals surface area contributed by atoms with Crippen LogP contribution < -0.4 is 16.2 Å². The fourth-order valence-corrected chi connectivity index (χ4v) is 2.03. The van der Waals surface area contributed by atoms with Crippen molar-refractivity contribution in [2.45, 2.75) is 6.29 Å². The lowest BCUT2D eigenvalue weighted by atomic mass is 10.1. The molecule has 0 fully saturated rings. The molecule has 19 heavy (non-hydrogen) atoms. The number of H-pyrrole nitrogens is 1. The molecule has 0 saturated carbocycles. The number of aromatic nitrogens is 2. The topological polar surface area (TPSA) is 93.5 Å². The molecule has 2 heterocycles. The number of nitrogens with two attached hydrogens (primary N) is 1. The van der Waals surface area contributed by atoms with E-state index >= 15 is 0 Å². The second-order valence-electron chi connectivity index (χ2n) is 4.07. The van der Waals surface area contributed by atoms with Crippen molar-refractivity contribution in [1.82, 2.24) is 9.97 Å². The average Bonchev–Trinajstić information content (AvgIpc) is 2.32. The maximum Gasteiger partial charge on any atom is 0.261 e. The second kappa shape index (κ2) is 6.05. The van der Waals surface area contributed by atoms with E-state index < -0.39 is 6.29 Å². The quantitative estimate of drug-likeness (QED) is 0.773. The second-order valence-corrected chi connectivity index (χ2v) is 4.07. The molecular weight excluding hydrogens is 272 g/mol. The molecule has 7 nitrogen and oxygen atoms in total. The molecular formula is C11H17ClN4O3. The van der Waals surface area contributed by atoms with E-state index in [1.54, 1.807) is 20.3 Å². The highest BCUT2D eigenvalue weighted by Gasteiger charge is 2.24. The fourth-order valence-electron chi connectivity index (χ4n) is 2.03. The Balaban J connectivity index is 0.00000180. The lowest BCUT2D eigenvalue weighted by Gasteiger charge is -2.28. The number of nitrogens with one attached hydrogen (secondary N) is 1. The van der Waals surface area contributed by atoms with E-state index in [0.717, 1.165) is 5.57 Å². The summed E-state index contributed by atoms with van der Waals surface area (Å²) in [5.41, 5.74) is 6.58. The zero-order valence-corrected chi connectivity index (χ0v) is 11.8. The highest BCUT2D eigenvalue weighted by molar-refractivity contribution is 5.85. The number of fused-ring (bicyclic) bond motifs is 1. The first-order chi connectivity index (χ1) is 8.56. The highest BCUT2D eigenvalue weighted by Crippen LogP contribution is 2.25. The number of hydrogen-bond donors (Lipinski definition) is 2. The number of nitrogen functional groups attached to an aromatic ring is 1. The Kier molecular flexibility index (Phi) is 4.93. The smallest absolute Gasteiger partial charge is 0.261 e. The molecule has 0 unspecified atom stereocenters. The van der Waals surface area contributed by atoms with Crippen molar-refractivity contribution >= 4 is 30.2 Å². The first kappa shape index (κ1) is 15.5. The van der Waals surface area contributed by atoms with Crippen molar-refractivity contribution in [2.24, 2.45) is 0 Å². The van der Waals surface area contributed by atoms with Crippen LogP contribution in [0, 0.1) is 0 Å². The number of rotatable bonds is 3. The average molecular weight is 289 g/mol. The third-order valence-electron chi connectivity index (χ3n) is 2.80. The molecule has 106 valence electrons. The van der Waals surface area contributed by atoms with Gasteiger partial charge >= 0.3 is 0 Å². The number of likely N-dealkylation sites (N-methyl/N-ethyl adjacent to an activating group) is 1. The number of aromatic amines is 1. The third kappa shape index (κ3) is 2.89. The molecule has 2 rings (SSSR count). The van der Waals surface area contributed by atoms with Crippen LogP contribution in [0.5, 0.6) is 0 Å². The van der Waals surface area contributed by atoms with Gasteiger partial charge in [0.1, 0.15) is 5.82 Å². The van der Waals surface area contributed by atoms with Crippen molar-refractivity contribution in [1.29, 1.82) is 0 Å². The molecule has 1 aromatic rings. The van der Waals surface area contributed by atoms with E-state index in [4.69, 9.17) is 15.2 Å². The van der Waals surface area contributed by atoms with E-state index in [1.165, 1.54) is 0 Å². The van der Waals surface area contributed by atoms with Crippen molar-refractivity contribution in [3.63, 3.8) is 0 Å². The van der Waals surface area contributed by atoms with Crippen molar-refractivity contribution in [3.8, 4) is 0 Å². The van der Waals surface area contributed by atoms with E-state index in [9.17, 15) is 4.79 Å². The molecule has 0 aliphatic carbocycles. The Hall–Kier alpha value is -1.57. The van der Waals surface area contributed by atoms with E-state index in [1.807, 2.05) is 11.9 Å². The summed E-state index contributed by atoms with van der Waals surface area (Å²) >= 11 is 0. The Morgan fingerprint density at radius 3 is 2.68 bits per heavy atom. The largest absolute Gasteiger partial charge is 0.369 e. The van der Waals surface area contributed by atoms with E-state index in [2.05, 4.69) is 9.97 Å². The molecule has 0 amide bonds. The summed E-state index contributed by atoms with van der Waals surface area (Å²) in [5, 5.41) is 0. The Labute approximate surface area is 116 Å². The van der Waals surface area contributed by atoms with Gasteiger partial charge in [-0.05, 0) is 6.08 Å². The van der Waals surface area contributed by atoms with Gasteiger partial charge in [0, 0.05) is 33.4 Å². The van der Waals surface area contributed by atoms with Crippen LogP contribution in [0.3, 0.4) is 0 Å². The van der Waals surface area contributed by atoms with Crippen LogP contribution in [0.25, 0.3) is 6.08 Å². The minimum absolute atomic E-state index is 0. The third-order valence-corrected chi connectivity index (χ3v) is 2.80. The summed E-state index contributed by atoms with van der Waals surface area (Å²) in [5.74, 6) is 0.670. The first-order valence-electron chi connectivity index (χ1n) is 5.43. The Bertz CT molecular complexity index is 539. The van der Waals surface area contributed by atoms with Gasteiger partial charge in [0.2, 0.25) is 5.95 Å². The molecule has 1 aliphatic heterocycles. The molecule has 1 aromatic heterocycles. The van der Waals surface area contributed by atoms with Crippen LogP contribution in [-0.2, 0) is 9.47 Å². The SMILES string of the molecule is COC(OC)C1=Cc2c(nc(N)[nH]c2=O)N(C)C1.Cl. The predicted molar refractivity (Wildman–Crippen MR) is 75.6 cm³/mol. The minimum Gasteiger partial charge on any atom is -0.369 e. The van der Waals surface area contributed by atoms with Gasteiger partial charge in [-0.15, -0.1) is 12.4 Å². The van der Waals surface area contributed by atoms with Gasteiger partial charge in [-0.25, -0.2) is 0 Å². The van der Waals surface area contributed by atoms with E-state index in [-0.39, 0.29) is 23.9 Å². The standard InChI is InChI=1S/C11H16N4O3.ClH/c1-15-5-6(10(17-2)18-3)4-7-8(15)13-11(12)14-9(7)16;/h4,10H,5H2,1-3H3,(H3,12,13,14,16);1H. The number of methoxy groups -OCH3 is 2. The number of ether oxygens (including phenoxy) is 2. The van der Waals surface area contributed by atoms with Gasteiger partial charge in [0.15, 0.2) is 6.29 Å². The molecule has 0 aromatic carbocycles. The lowest BCUT2D eigenvalue weighted by molar-refractivity contribution is -0.0748. The molecule has 0 atom stereocenters. The molecule has 8 heteroatoms. The minimum atomic E-state index is -0.474. The van der Waals surface area contributed by atoms with Gasteiger partial charge in [-0.1, -0.05) is 0 Å². The van der Waals surface area contributed by atoms with Crippen LogP contribution >= 0.6 is 12.4 Å². The lowest BCUT2D eigenvalue weighted by Crippen LogP contribution is -2.34. The number of nitrogens with zero attached hydrogens (tertiary/aromatic N) is 2. The maximum atomic E-state index is 11.8. The molecule has 0 spiro atoms. The molecule has 0 saturated heterocycles. The van der Waals surface area contributed by atoms with Crippen LogP contribution in [0.2, 0.25) is 0 Å². The Morgan fingerprint density at radius 2 is 2.11 bits per heavy atom. The summed E-state index contributed by atoms with van der Waals surface area (Å²) in [6.45, 7) is 0.565. The number of hydrogen-bond acceptors (Lipinski definition) is 6. The summed E-state index contributed by atoms with van der Waals surface area (Å²) in [6.07, 6.45) is 1.26. The predicted octanol–water partition coefficient (Wildman–Crippen LogP) is 0.226. The maximum absolute atomic E-state index is 11.8. The zero-order valence-electron chi connectivity index (χ0n) is 11.0.